The van der Waals surface area contributed by atoms with E-state index in [1.807, 2.05) is 20.2 Å². The third kappa shape index (κ3) is 5.43. The van der Waals surface area contributed by atoms with Gasteiger partial charge in [-0.15, -0.1) is 0 Å². The molecule has 5 rings (SSSR count). The minimum absolute atomic E-state index is 0.00888. The molecule has 0 spiro atoms. The molecule has 1 saturated heterocycles. The Morgan fingerprint density at radius 2 is 1.85 bits per heavy atom. The van der Waals surface area contributed by atoms with Crippen molar-refractivity contribution in [3.05, 3.63) is 64.2 Å². The molecule has 2 heterocycles. The Morgan fingerprint density at radius 3 is 2.50 bits per heavy atom. The second kappa shape index (κ2) is 11.0. The lowest BCUT2D eigenvalue weighted by Gasteiger charge is -2.33. The van der Waals surface area contributed by atoms with E-state index in [1.54, 1.807) is 19.9 Å². The van der Waals surface area contributed by atoms with E-state index in [0.717, 1.165) is 43.4 Å². The molecule has 40 heavy (non-hydrogen) atoms. The standard InChI is InChI=1S/C30H39F2N5O3/c1-18-21(7-6-8-22(18)26(31)32)16-33-27-25(28-39-13-14-40-28)23(34-20(3)35-27)15-24(38)36-30-11-9-29(17-30,10-12-30)19(2)37(4)5/h6-8,26,28H,2,9-17H2,1,3-5H3,(H,36,38)(H,33,34,35). The van der Waals surface area contributed by atoms with E-state index in [-0.39, 0.29) is 35.4 Å². The van der Waals surface area contributed by atoms with Crippen LogP contribution in [0.25, 0.3) is 0 Å². The third-order valence-electron chi connectivity index (χ3n) is 8.89. The number of nitrogens with zero attached hydrogens (tertiary/aromatic N) is 3. The van der Waals surface area contributed by atoms with Crippen molar-refractivity contribution in [3.63, 3.8) is 0 Å². The van der Waals surface area contributed by atoms with Crippen LogP contribution in [0.3, 0.4) is 0 Å². The summed E-state index contributed by atoms with van der Waals surface area (Å²) in [5.41, 5.74) is 3.34. The van der Waals surface area contributed by atoms with Gasteiger partial charge < -0.3 is 25.0 Å². The van der Waals surface area contributed by atoms with E-state index in [2.05, 4.69) is 32.1 Å². The monoisotopic (exact) mass is 555 g/mol. The van der Waals surface area contributed by atoms with Crippen molar-refractivity contribution in [1.29, 1.82) is 0 Å². The maximum absolute atomic E-state index is 13.5. The summed E-state index contributed by atoms with van der Waals surface area (Å²) in [4.78, 5) is 24.8. The smallest absolute Gasteiger partial charge is 0.264 e. The van der Waals surface area contributed by atoms with Crippen LogP contribution in [0.4, 0.5) is 14.6 Å². The fraction of sp³-hybridized carbons (Fsp3) is 0.567. The average Bonchev–Trinajstić information content (AvgIpc) is 3.64. The Kier molecular flexibility index (Phi) is 7.85. The fourth-order valence-corrected chi connectivity index (χ4v) is 6.73. The quantitative estimate of drug-likeness (QED) is 0.421. The summed E-state index contributed by atoms with van der Waals surface area (Å²) >= 11 is 0. The summed E-state index contributed by atoms with van der Waals surface area (Å²) < 4.78 is 38.5. The lowest BCUT2D eigenvalue weighted by molar-refractivity contribution is -0.122. The number of benzene rings is 1. The van der Waals surface area contributed by atoms with Crippen LogP contribution in [0.2, 0.25) is 0 Å². The van der Waals surface area contributed by atoms with E-state index >= 15 is 0 Å². The van der Waals surface area contributed by atoms with Crippen molar-refractivity contribution in [2.24, 2.45) is 5.41 Å². The number of aromatic nitrogens is 2. The number of carbonyl (C=O) groups excluding carboxylic acids is 1. The van der Waals surface area contributed by atoms with Crippen LogP contribution >= 0.6 is 0 Å². The molecule has 1 aromatic carbocycles. The number of ether oxygens (including phenoxy) is 2. The van der Waals surface area contributed by atoms with Crippen LogP contribution in [-0.4, -0.2) is 53.6 Å². The van der Waals surface area contributed by atoms with Gasteiger partial charge in [-0.1, -0.05) is 24.8 Å². The van der Waals surface area contributed by atoms with Gasteiger partial charge in [0.2, 0.25) is 5.91 Å². The van der Waals surface area contributed by atoms with Crippen LogP contribution in [0, 0.1) is 19.3 Å². The van der Waals surface area contributed by atoms with Gasteiger partial charge in [0, 0.05) is 42.9 Å². The van der Waals surface area contributed by atoms with Crippen LogP contribution in [-0.2, 0) is 27.2 Å². The zero-order valence-electron chi connectivity index (χ0n) is 23.8. The normalized spacial score (nSPS) is 24.1. The molecular formula is C30H39F2N5O3. The number of hydrogen-bond donors (Lipinski definition) is 2. The predicted molar refractivity (Wildman–Crippen MR) is 148 cm³/mol. The molecule has 0 unspecified atom stereocenters. The van der Waals surface area contributed by atoms with Crippen LogP contribution < -0.4 is 10.6 Å². The number of fused-ring (bicyclic) bond motifs is 2. The number of anilines is 1. The molecule has 2 saturated carbocycles. The Hall–Kier alpha value is -3.11. The number of alkyl halides is 2. The number of amides is 1. The van der Waals surface area contributed by atoms with E-state index in [0.29, 0.717) is 41.7 Å². The second-order valence-corrected chi connectivity index (χ2v) is 11.6. The zero-order chi connectivity index (χ0) is 28.7. The molecule has 2 bridgehead atoms. The molecular weight excluding hydrogens is 516 g/mol. The van der Waals surface area contributed by atoms with Crippen molar-refractivity contribution in [1.82, 2.24) is 20.2 Å². The van der Waals surface area contributed by atoms with Gasteiger partial charge in [-0.3, -0.25) is 4.79 Å². The van der Waals surface area contributed by atoms with Crippen molar-refractivity contribution in [2.75, 3.05) is 32.6 Å². The van der Waals surface area contributed by atoms with Crippen LogP contribution in [0.5, 0.6) is 0 Å². The maximum atomic E-state index is 13.5. The molecule has 3 fully saturated rings. The third-order valence-corrected chi connectivity index (χ3v) is 8.89. The number of nitrogens with one attached hydrogen (secondary N) is 2. The number of aryl methyl sites for hydroxylation is 1. The molecule has 1 aromatic heterocycles. The zero-order valence-corrected chi connectivity index (χ0v) is 23.8. The average molecular weight is 556 g/mol. The van der Waals surface area contributed by atoms with Crippen molar-refractivity contribution in [2.45, 2.75) is 77.2 Å². The van der Waals surface area contributed by atoms with E-state index in [1.165, 1.54) is 6.07 Å². The van der Waals surface area contributed by atoms with E-state index < -0.39 is 12.7 Å². The number of halogens is 2. The van der Waals surface area contributed by atoms with Gasteiger partial charge in [-0.25, -0.2) is 18.7 Å². The van der Waals surface area contributed by atoms with E-state index in [9.17, 15) is 13.6 Å². The highest BCUT2D eigenvalue weighted by molar-refractivity contribution is 5.80. The minimum atomic E-state index is -2.55. The molecule has 8 nitrogen and oxygen atoms in total. The number of carbonyl (C=O) groups is 1. The summed E-state index contributed by atoms with van der Waals surface area (Å²) in [6, 6.07) is 4.88. The van der Waals surface area contributed by atoms with Crippen molar-refractivity contribution < 1.29 is 23.0 Å². The van der Waals surface area contributed by atoms with Gasteiger partial charge in [0.25, 0.3) is 6.43 Å². The Labute approximate surface area is 234 Å². The van der Waals surface area contributed by atoms with Gasteiger partial charge in [-0.05, 0) is 57.1 Å². The van der Waals surface area contributed by atoms with Gasteiger partial charge in [0.15, 0.2) is 6.29 Å². The van der Waals surface area contributed by atoms with Gasteiger partial charge >= 0.3 is 0 Å². The highest BCUT2D eigenvalue weighted by Crippen LogP contribution is 2.60. The fourth-order valence-electron chi connectivity index (χ4n) is 6.73. The molecule has 1 amide bonds. The molecule has 1 aliphatic heterocycles. The first-order chi connectivity index (χ1) is 19.0. The number of hydrogen-bond acceptors (Lipinski definition) is 7. The largest absolute Gasteiger partial charge is 0.381 e. The lowest BCUT2D eigenvalue weighted by atomic mass is 9.81. The predicted octanol–water partition coefficient (Wildman–Crippen LogP) is 5.13. The highest BCUT2D eigenvalue weighted by atomic mass is 19.3. The second-order valence-electron chi connectivity index (χ2n) is 11.6. The molecule has 2 aliphatic carbocycles. The van der Waals surface area contributed by atoms with Crippen LogP contribution in [0.15, 0.2) is 30.5 Å². The minimum Gasteiger partial charge on any atom is -0.381 e. The summed E-state index contributed by atoms with van der Waals surface area (Å²) in [7, 11) is 4.06. The lowest BCUT2D eigenvalue weighted by Crippen LogP contribution is -2.45. The first-order valence-corrected chi connectivity index (χ1v) is 13.9. The Bertz CT molecular complexity index is 1280. The highest BCUT2D eigenvalue weighted by Gasteiger charge is 2.56. The number of allylic oxidation sites excluding steroid dienone is 1. The molecule has 0 atom stereocenters. The molecule has 2 aromatic rings. The summed E-state index contributed by atoms with van der Waals surface area (Å²) in [5.74, 6) is 0.869. The Balaban J connectivity index is 1.37. The molecule has 216 valence electrons. The number of rotatable bonds is 10. The van der Waals surface area contributed by atoms with E-state index in [4.69, 9.17) is 9.47 Å². The topological polar surface area (TPSA) is 88.6 Å². The first kappa shape index (κ1) is 28.4. The summed E-state index contributed by atoms with van der Waals surface area (Å²) in [6.07, 6.45) is 1.59. The summed E-state index contributed by atoms with van der Waals surface area (Å²) in [6.45, 7) is 8.91. The van der Waals surface area contributed by atoms with Crippen molar-refractivity contribution in [3.8, 4) is 0 Å². The van der Waals surface area contributed by atoms with Gasteiger partial charge in [0.1, 0.15) is 11.6 Å². The van der Waals surface area contributed by atoms with Crippen LogP contribution in [0.1, 0.15) is 78.6 Å². The molecule has 3 aliphatic rings. The summed E-state index contributed by atoms with van der Waals surface area (Å²) in [5, 5.41) is 6.65. The SMILES string of the molecule is C=C(N(C)C)C12CCC(NC(=O)Cc3nc(C)nc(NCc4cccc(C(F)F)c4C)c3C3OCCO3)(CC1)C2. The molecule has 2 N–H and O–H groups in total. The molecule has 10 heteroatoms. The van der Waals surface area contributed by atoms with Gasteiger partial charge in [0.05, 0.1) is 30.9 Å². The molecule has 0 radical (unpaired) electrons. The van der Waals surface area contributed by atoms with Gasteiger partial charge in [-0.2, -0.15) is 0 Å². The first-order valence-electron chi connectivity index (χ1n) is 13.9. The maximum Gasteiger partial charge on any atom is 0.264 e. The van der Waals surface area contributed by atoms with Crippen molar-refractivity contribution >= 4 is 11.7 Å². The Morgan fingerprint density at radius 1 is 1.15 bits per heavy atom.